The number of para-hydroxylation sites is 1. The van der Waals surface area contributed by atoms with Crippen LogP contribution in [0.1, 0.15) is 17.3 Å². The van der Waals surface area contributed by atoms with Gasteiger partial charge in [0, 0.05) is 10.9 Å². The van der Waals surface area contributed by atoms with Gasteiger partial charge in [-0.3, -0.25) is 4.79 Å². The number of nitrogens with two attached hydrogens (primary N) is 1. The van der Waals surface area contributed by atoms with Crippen molar-refractivity contribution in [1.82, 2.24) is 4.98 Å². The first-order valence-electron chi connectivity index (χ1n) is 7.65. The Morgan fingerprint density at radius 1 is 1.12 bits per heavy atom. The number of benzene rings is 2. The maximum atomic E-state index is 12.5. The Balaban J connectivity index is 2.11. The number of aromatic hydroxyl groups is 1. The van der Waals surface area contributed by atoms with Crippen LogP contribution in [0.15, 0.2) is 54.6 Å². The molecular formula is C19H16N2O4. The van der Waals surface area contributed by atoms with Crippen molar-refractivity contribution in [2.75, 3.05) is 0 Å². The van der Waals surface area contributed by atoms with Gasteiger partial charge in [0.05, 0.1) is 16.8 Å². The third-order valence-electron chi connectivity index (χ3n) is 3.78. The van der Waals surface area contributed by atoms with Crippen molar-refractivity contribution in [3.05, 3.63) is 60.2 Å². The van der Waals surface area contributed by atoms with Crippen LogP contribution in [0.5, 0.6) is 5.75 Å². The second-order valence-electron chi connectivity index (χ2n) is 5.57. The molecule has 1 aromatic heterocycles. The predicted molar refractivity (Wildman–Crippen MR) is 92.9 cm³/mol. The van der Waals surface area contributed by atoms with Crippen LogP contribution < -0.4 is 5.73 Å². The number of rotatable bonds is 4. The average Bonchev–Trinajstić information content (AvgIpc) is 2.61. The number of pyridine rings is 1. The molecular weight excluding hydrogens is 320 g/mol. The molecule has 0 radical (unpaired) electrons. The molecule has 3 aromatic rings. The van der Waals surface area contributed by atoms with Gasteiger partial charge >= 0.3 is 5.97 Å². The number of ether oxygens (including phenoxy) is 1. The van der Waals surface area contributed by atoms with E-state index in [1.54, 1.807) is 48.5 Å². The summed E-state index contributed by atoms with van der Waals surface area (Å²) in [4.78, 5) is 28.2. The molecule has 126 valence electrons. The lowest BCUT2D eigenvalue weighted by molar-refractivity contribution is -0.125. The fraction of sp³-hybridized carbons (Fsp3) is 0.105. The van der Waals surface area contributed by atoms with Crippen LogP contribution in [0.4, 0.5) is 0 Å². The van der Waals surface area contributed by atoms with E-state index in [4.69, 9.17) is 10.5 Å². The van der Waals surface area contributed by atoms with E-state index in [-0.39, 0.29) is 5.75 Å². The van der Waals surface area contributed by atoms with Gasteiger partial charge in [0.15, 0.2) is 6.10 Å². The smallest absolute Gasteiger partial charge is 0.339 e. The quantitative estimate of drug-likeness (QED) is 0.713. The minimum Gasteiger partial charge on any atom is -0.508 e. The normalized spacial score (nSPS) is 11.9. The number of hydrogen-bond donors (Lipinski definition) is 2. The topological polar surface area (TPSA) is 103 Å². The molecule has 6 nitrogen and oxygen atoms in total. The van der Waals surface area contributed by atoms with Gasteiger partial charge in [0.25, 0.3) is 5.91 Å². The number of phenols is 1. The van der Waals surface area contributed by atoms with E-state index < -0.39 is 18.0 Å². The highest BCUT2D eigenvalue weighted by Crippen LogP contribution is 2.26. The minimum atomic E-state index is -1.03. The Kier molecular flexibility index (Phi) is 4.35. The van der Waals surface area contributed by atoms with E-state index in [1.165, 1.54) is 6.92 Å². The highest BCUT2D eigenvalue weighted by atomic mass is 16.5. The van der Waals surface area contributed by atoms with Crippen molar-refractivity contribution in [3.63, 3.8) is 0 Å². The third-order valence-corrected chi connectivity index (χ3v) is 3.78. The second kappa shape index (κ2) is 6.60. The maximum absolute atomic E-state index is 12.5. The summed E-state index contributed by atoms with van der Waals surface area (Å²) in [6.45, 7) is 1.42. The Labute approximate surface area is 143 Å². The Morgan fingerprint density at radius 2 is 1.80 bits per heavy atom. The molecule has 0 fully saturated rings. The number of carbonyl (C=O) groups is 2. The first-order chi connectivity index (χ1) is 12.0. The number of amides is 1. The van der Waals surface area contributed by atoms with E-state index in [1.807, 2.05) is 6.07 Å². The molecule has 0 unspecified atom stereocenters. The Morgan fingerprint density at radius 3 is 2.48 bits per heavy atom. The van der Waals surface area contributed by atoms with E-state index in [9.17, 15) is 14.7 Å². The molecule has 0 saturated carbocycles. The van der Waals surface area contributed by atoms with Crippen LogP contribution in [0.25, 0.3) is 22.2 Å². The zero-order chi connectivity index (χ0) is 18.0. The minimum absolute atomic E-state index is 0.138. The summed E-state index contributed by atoms with van der Waals surface area (Å²) >= 11 is 0. The van der Waals surface area contributed by atoms with Crippen LogP contribution >= 0.6 is 0 Å². The summed E-state index contributed by atoms with van der Waals surface area (Å²) in [5.41, 5.74) is 7.36. The molecule has 1 amide bonds. The van der Waals surface area contributed by atoms with Gasteiger partial charge in [-0.2, -0.15) is 0 Å². The van der Waals surface area contributed by atoms with Crippen molar-refractivity contribution in [2.24, 2.45) is 5.73 Å². The van der Waals surface area contributed by atoms with Crippen molar-refractivity contribution < 1.29 is 19.4 Å². The van der Waals surface area contributed by atoms with Gasteiger partial charge in [-0.05, 0) is 43.3 Å². The fourth-order valence-corrected chi connectivity index (χ4v) is 2.41. The third kappa shape index (κ3) is 3.42. The number of nitrogens with zero attached hydrogens (tertiary/aromatic N) is 1. The molecule has 0 saturated heterocycles. The Bertz CT molecular complexity index is 951. The van der Waals surface area contributed by atoms with Crippen molar-refractivity contribution in [3.8, 4) is 17.0 Å². The maximum Gasteiger partial charge on any atom is 0.339 e. The SMILES string of the molecule is C[C@H](OC(=O)c1cc(-c2ccc(O)cc2)nc2ccccc12)C(N)=O. The zero-order valence-electron chi connectivity index (χ0n) is 13.5. The average molecular weight is 336 g/mol. The van der Waals surface area contributed by atoms with Gasteiger partial charge in [-0.15, -0.1) is 0 Å². The molecule has 25 heavy (non-hydrogen) atoms. The van der Waals surface area contributed by atoms with Crippen LogP contribution in [0.2, 0.25) is 0 Å². The van der Waals surface area contributed by atoms with Crippen LogP contribution in [-0.4, -0.2) is 28.1 Å². The van der Waals surface area contributed by atoms with Gasteiger partial charge in [0.1, 0.15) is 5.75 Å². The highest BCUT2D eigenvalue weighted by molar-refractivity contribution is 6.05. The van der Waals surface area contributed by atoms with E-state index in [0.717, 1.165) is 5.56 Å². The number of esters is 1. The molecule has 1 atom stereocenters. The molecule has 0 aliphatic rings. The van der Waals surface area contributed by atoms with Crippen LogP contribution in [0, 0.1) is 0 Å². The van der Waals surface area contributed by atoms with Crippen molar-refractivity contribution in [1.29, 1.82) is 0 Å². The molecule has 3 N–H and O–H groups in total. The van der Waals surface area contributed by atoms with E-state index in [0.29, 0.717) is 22.2 Å². The van der Waals surface area contributed by atoms with Crippen molar-refractivity contribution >= 4 is 22.8 Å². The summed E-state index contributed by atoms with van der Waals surface area (Å²) in [7, 11) is 0. The van der Waals surface area contributed by atoms with Gasteiger partial charge in [-0.25, -0.2) is 9.78 Å². The molecule has 0 spiro atoms. The molecule has 3 rings (SSSR count). The number of hydrogen-bond acceptors (Lipinski definition) is 5. The lowest BCUT2D eigenvalue weighted by Gasteiger charge is -2.12. The van der Waals surface area contributed by atoms with Crippen molar-refractivity contribution in [2.45, 2.75) is 13.0 Å². The number of fused-ring (bicyclic) bond motifs is 1. The highest BCUT2D eigenvalue weighted by Gasteiger charge is 2.19. The van der Waals surface area contributed by atoms with E-state index >= 15 is 0 Å². The summed E-state index contributed by atoms with van der Waals surface area (Å²) in [5, 5.41) is 10.0. The number of aromatic nitrogens is 1. The second-order valence-corrected chi connectivity index (χ2v) is 5.57. The summed E-state index contributed by atoms with van der Waals surface area (Å²) < 4.78 is 5.13. The fourth-order valence-electron chi connectivity index (χ4n) is 2.41. The number of carbonyl (C=O) groups excluding carboxylic acids is 2. The summed E-state index contributed by atoms with van der Waals surface area (Å²) in [5.74, 6) is -1.23. The molecule has 2 aromatic carbocycles. The first-order valence-corrected chi connectivity index (χ1v) is 7.65. The molecule has 6 heteroatoms. The lowest BCUT2D eigenvalue weighted by Crippen LogP contribution is -2.30. The lowest BCUT2D eigenvalue weighted by atomic mass is 10.0. The van der Waals surface area contributed by atoms with Gasteiger partial charge in [0.2, 0.25) is 0 Å². The number of primary amides is 1. The van der Waals surface area contributed by atoms with Crippen LogP contribution in [0.3, 0.4) is 0 Å². The largest absolute Gasteiger partial charge is 0.508 e. The van der Waals surface area contributed by atoms with Crippen LogP contribution in [-0.2, 0) is 9.53 Å². The molecule has 0 aliphatic heterocycles. The number of phenolic OH excluding ortho intramolecular Hbond substituents is 1. The zero-order valence-corrected chi connectivity index (χ0v) is 13.5. The first kappa shape index (κ1) is 16.4. The molecule has 1 heterocycles. The van der Waals surface area contributed by atoms with E-state index in [2.05, 4.69) is 4.98 Å². The molecule has 0 aliphatic carbocycles. The van der Waals surface area contributed by atoms with Gasteiger partial charge in [-0.1, -0.05) is 18.2 Å². The monoisotopic (exact) mass is 336 g/mol. The Hall–Kier alpha value is -3.41. The summed E-state index contributed by atoms with van der Waals surface area (Å²) in [6, 6.07) is 15.2. The molecule has 0 bridgehead atoms. The summed E-state index contributed by atoms with van der Waals surface area (Å²) in [6.07, 6.45) is -1.03. The standard InChI is InChI=1S/C19H16N2O4/c1-11(18(20)23)25-19(24)15-10-17(12-6-8-13(22)9-7-12)21-16-5-3-2-4-14(15)16/h2-11,22H,1H3,(H2,20,23)/t11-/m0/s1. The predicted octanol–water partition coefficient (Wildman–Crippen LogP) is 2.64. The van der Waals surface area contributed by atoms with Gasteiger partial charge < -0.3 is 15.6 Å².